The standard InChI is InChI=1S/C55H104O5/c1-4-7-10-13-16-19-22-24-25-26-27-28-29-30-32-35-38-41-44-47-50-58-51-53(60-55(57)49-46-43-40-37-33-21-18-15-12-9-6-3)52-59-54(56)48-45-42-39-36-34-31-23-20-17-14-11-8-5-2/h15,18,20,23,53H,4-14,16-17,19,21-22,24-52H2,1-3H3/b18-15-,23-20-. The van der Waals surface area contributed by atoms with Crippen LogP contribution in [0.25, 0.3) is 0 Å². The smallest absolute Gasteiger partial charge is 0.306 e. The number of ether oxygens (including phenoxy) is 3. The van der Waals surface area contributed by atoms with Gasteiger partial charge < -0.3 is 14.2 Å². The van der Waals surface area contributed by atoms with Crippen LogP contribution in [-0.2, 0) is 23.8 Å². The van der Waals surface area contributed by atoms with E-state index in [9.17, 15) is 9.59 Å². The van der Waals surface area contributed by atoms with Gasteiger partial charge in [0.15, 0.2) is 6.10 Å². The van der Waals surface area contributed by atoms with Gasteiger partial charge in [-0.15, -0.1) is 0 Å². The predicted molar refractivity (Wildman–Crippen MR) is 261 cm³/mol. The summed E-state index contributed by atoms with van der Waals surface area (Å²) in [5.74, 6) is -0.403. The molecule has 0 fully saturated rings. The van der Waals surface area contributed by atoms with Gasteiger partial charge in [-0.3, -0.25) is 9.59 Å². The number of rotatable bonds is 50. The first-order valence-electron chi connectivity index (χ1n) is 26.9. The molecule has 0 radical (unpaired) electrons. The Morgan fingerprint density at radius 1 is 0.350 bits per heavy atom. The molecule has 1 atom stereocenters. The van der Waals surface area contributed by atoms with Crippen LogP contribution in [0.1, 0.15) is 290 Å². The molecule has 0 aliphatic rings. The molecule has 0 aliphatic heterocycles. The summed E-state index contributed by atoms with van der Waals surface area (Å²) in [4.78, 5) is 25.3. The van der Waals surface area contributed by atoms with Gasteiger partial charge >= 0.3 is 11.9 Å². The zero-order valence-corrected chi connectivity index (χ0v) is 40.7. The Labute approximate surface area is 375 Å². The first-order chi connectivity index (χ1) is 29.6. The molecule has 0 N–H and O–H groups in total. The van der Waals surface area contributed by atoms with Crippen LogP contribution >= 0.6 is 0 Å². The summed E-state index contributed by atoms with van der Waals surface area (Å²) in [5, 5.41) is 0. The van der Waals surface area contributed by atoms with Crippen LogP contribution in [0, 0.1) is 0 Å². The Bertz CT molecular complexity index is 913. The highest BCUT2D eigenvalue weighted by Crippen LogP contribution is 2.16. The third kappa shape index (κ3) is 49.0. The highest BCUT2D eigenvalue weighted by atomic mass is 16.6. The maximum Gasteiger partial charge on any atom is 0.306 e. The largest absolute Gasteiger partial charge is 0.462 e. The van der Waals surface area contributed by atoms with Crippen molar-refractivity contribution in [2.24, 2.45) is 0 Å². The molecule has 0 saturated carbocycles. The van der Waals surface area contributed by atoms with Gasteiger partial charge in [0.25, 0.3) is 0 Å². The van der Waals surface area contributed by atoms with Crippen molar-refractivity contribution < 1.29 is 23.8 Å². The summed E-state index contributed by atoms with van der Waals surface area (Å²) in [6.07, 6.45) is 60.5. The molecular weight excluding hydrogens is 741 g/mol. The molecule has 0 amide bonds. The van der Waals surface area contributed by atoms with Crippen molar-refractivity contribution in [1.82, 2.24) is 0 Å². The zero-order valence-electron chi connectivity index (χ0n) is 40.7. The van der Waals surface area contributed by atoms with Crippen LogP contribution in [0.4, 0.5) is 0 Å². The monoisotopic (exact) mass is 845 g/mol. The normalized spacial score (nSPS) is 12.2. The predicted octanol–water partition coefficient (Wildman–Crippen LogP) is 18.0. The molecule has 354 valence electrons. The van der Waals surface area contributed by atoms with Crippen molar-refractivity contribution in [2.45, 2.75) is 297 Å². The van der Waals surface area contributed by atoms with Gasteiger partial charge in [-0.25, -0.2) is 0 Å². The molecule has 60 heavy (non-hydrogen) atoms. The van der Waals surface area contributed by atoms with Gasteiger partial charge in [-0.05, 0) is 64.2 Å². The van der Waals surface area contributed by atoms with Crippen molar-refractivity contribution in [3.05, 3.63) is 24.3 Å². The molecule has 5 heteroatoms. The molecule has 1 unspecified atom stereocenters. The number of hydrogen-bond acceptors (Lipinski definition) is 5. The van der Waals surface area contributed by atoms with E-state index in [1.165, 1.54) is 199 Å². The van der Waals surface area contributed by atoms with Crippen LogP contribution in [-0.4, -0.2) is 37.9 Å². The van der Waals surface area contributed by atoms with Gasteiger partial charge in [0.2, 0.25) is 0 Å². The number of allylic oxidation sites excluding steroid dienone is 4. The number of hydrogen-bond donors (Lipinski definition) is 0. The lowest BCUT2D eigenvalue weighted by atomic mass is 10.0. The second-order valence-corrected chi connectivity index (χ2v) is 18.1. The lowest BCUT2D eigenvalue weighted by molar-refractivity contribution is -0.163. The van der Waals surface area contributed by atoms with E-state index in [1.54, 1.807) is 0 Å². The Morgan fingerprint density at radius 3 is 1.08 bits per heavy atom. The molecule has 0 aromatic rings. The van der Waals surface area contributed by atoms with Crippen LogP contribution in [0.3, 0.4) is 0 Å². The average molecular weight is 845 g/mol. The topological polar surface area (TPSA) is 61.8 Å². The van der Waals surface area contributed by atoms with E-state index in [0.717, 1.165) is 57.8 Å². The highest BCUT2D eigenvalue weighted by molar-refractivity contribution is 5.70. The van der Waals surface area contributed by atoms with Crippen LogP contribution in [0.2, 0.25) is 0 Å². The number of carbonyl (C=O) groups is 2. The minimum Gasteiger partial charge on any atom is -0.462 e. The SMILES string of the molecule is CCCC/C=C\CCCCCCCC(=O)OC(COCCCCCCCCCCCCCCCCCCCCCC)COC(=O)CCCCCCC/C=C\CCCCCC. The lowest BCUT2D eigenvalue weighted by Crippen LogP contribution is -2.30. The van der Waals surface area contributed by atoms with Crippen molar-refractivity contribution in [3.8, 4) is 0 Å². The molecule has 0 heterocycles. The van der Waals surface area contributed by atoms with E-state index in [4.69, 9.17) is 14.2 Å². The van der Waals surface area contributed by atoms with E-state index in [1.807, 2.05) is 0 Å². The van der Waals surface area contributed by atoms with Gasteiger partial charge in [0.1, 0.15) is 6.61 Å². The lowest BCUT2D eigenvalue weighted by Gasteiger charge is -2.18. The van der Waals surface area contributed by atoms with Crippen LogP contribution in [0.15, 0.2) is 24.3 Å². The van der Waals surface area contributed by atoms with Crippen molar-refractivity contribution in [2.75, 3.05) is 19.8 Å². The third-order valence-electron chi connectivity index (χ3n) is 12.0. The van der Waals surface area contributed by atoms with Gasteiger partial charge in [0, 0.05) is 19.4 Å². The summed E-state index contributed by atoms with van der Waals surface area (Å²) in [5.41, 5.74) is 0. The maximum atomic E-state index is 12.8. The molecule has 0 aromatic carbocycles. The molecule has 0 saturated heterocycles. The third-order valence-corrected chi connectivity index (χ3v) is 12.0. The summed E-state index contributed by atoms with van der Waals surface area (Å²) < 4.78 is 17.4. The fraction of sp³-hybridized carbons (Fsp3) is 0.891. The van der Waals surface area contributed by atoms with E-state index in [-0.39, 0.29) is 25.2 Å². The minimum absolute atomic E-state index is 0.0837. The second-order valence-electron chi connectivity index (χ2n) is 18.1. The van der Waals surface area contributed by atoms with Gasteiger partial charge in [0.05, 0.1) is 6.61 Å². The fourth-order valence-corrected chi connectivity index (χ4v) is 7.90. The second kappa shape index (κ2) is 51.7. The molecule has 0 bridgehead atoms. The Kier molecular flexibility index (Phi) is 50.3. The minimum atomic E-state index is -0.536. The average Bonchev–Trinajstić information content (AvgIpc) is 3.25. The molecule has 0 spiro atoms. The first kappa shape index (κ1) is 58.4. The number of unbranched alkanes of at least 4 members (excludes halogenated alkanes) is 35. The van der Waals surface area contributed by atoms with Crippen molar-refractivity contribution >= 4 is 11.9 Å². The molecule has 0 aromatic heterocycles. The first-order valence-corrected chi connectivity index (χ1v) is 26.9. The van der Waals surface area contributed by atoms with Gasteiger partial charge in [-0.2, -0.15) is 0 Å². The number of esters is 2. The highest BCUT2D eigenvalue weighted by Gasteiger charge is 2.17. The van der Waals surface area contributed by atoms with E-state index < -0.39 is 6.10 Å². The van der Waals surface area contributed by atoms with Gasteiger partial charge in [-0.1, -0.05) is 238 Å². The summed E-state index contributed by atoms with van der Waals surface area (Å²) in [6.45, 7) is 7.81. The summed E-state index contributed by atoms with van der Waals surface area (Å²) in [6, 6.07) is 0. The molecular formula is C55H104O5. The Morgan fingerprint density at radius 2 is 0.667 bits per heavy atom. The van der Waals surface area contributed by atoms with E-state index in [0.29, 0.717) is 19.4 Å². The van der Waals surface area contributed by atoms with E-state index >= 15 is 0 Å². The Balaban J connectivity index is 4.15. The summed E-state index contributed by atoms with van der Waals surface area (Å²) >= 11 is 0. The van der Waals surface area contributed by atoms with E-state index in [2.05, 4.69) is 45.1 Å². The Hall–Kier alpha value is -1.62. The van der Waals surface area contributed by atoms with Crippen molar-refractivity contribution in [3.63, 3.8) is 0 Å². The van der Waals surface area contributed by atoms with Crippen LogP contribution in [0.5, 0.6) is 0 Å². The molecule has 0 aliphatic carbocycles. The molecule has 0 rings (SSSR count). The van der Waals surface area contributed by atoms with Crippen molar-refractivity contribution in [1.29, 1.82) is 0 Å². The fourth-order valence-electron chi connectivity index (χ4n) is 7.90. The quantitative estimate of drug-likeness (QED) is 0.0347. The van der Waals surface area contributed by atoms with Crippen LogP contribution < -0.4 is 0 Å². The molecule has 5 nitrogen and oxygen atoms in total. The number of carbonyl (C=O) groups excluding carboxylic acids is 2. The maximum absolute atomic E-state index is 12.8. The summed E-state index contributed by atoms with van der Waals surface area (Å²) in [7, 11) is 0. The zero-order chi connectivity index (χ0) is 43.5.